The van der Waals surface area contributed by atoms with Crippen molar-refractivity contribution in [2.45, 2.75) is 26.4 Å². The first-order valence-corrected chi connectivity index (χ1v) is 7.79. The minimum Gasteiger partial charge on any atom is -0.465 e. The summed E-state index contributed by atoms with van der Waals surface area (Å²) in [5.41, 5.74) is 1.91. The number of amides is 1. The van der Waals surface area contributed by atoms with Crippen LogP contribution in [-0.2, 0) is 20.7 Å². The molecule has 0 saturated carbocycles. The third-order valence-corrected chi connectivity index (χ3v) is 3.60. The molecule has 0 bridgehead atoms. The number of esters is 1. The number of nitrogens with zero attached hydrogens (tertiary/aromatic N) is 1. The average Bonchev–Trinajstić information content (AvgIpc) is 2.55. The second-order valence-electron chi connectivity index (χ2n) is 5.30. The van der Waals surface area contributed by atoms with Crippen LogP contribution >= 0.6 is 0 Å². The van der Waals surface area contributed by atoms with Crippen LogP contribution < -0.4 is 10.6 Å². The Morgan fingerprint density at radius 2 is 2.09 bits per heavy atom. The van der Waals surface area contributed by atoms with Crippen LogP contribution in [0.1, 0.15) is 19.4 Å². The number of allylic oxidation sites excluding steroid dienone is 1. The van der Waals surface area contributed by atoms with Gasteiger partial charge in [-0.3, -0.25) is 14.9 Å². The number of ether oxygens (including phenoxy) is 1. The van der Waals surface area contributed by atoms with Crippen LogP contribution in [0.3, 0.4) is 0 Å². The van der Waals surface area contributed by atoms with Crippen molar-refractivity contribution in [1.29, 1.82) is 0 Å². The minimum atomic E-state index is -0.531. The van der Waals surface area contributed by atoms with E-state index in [1.807, 2.05) is 18.2 Å². The topological polar surface area (TPSA) is 70.7 Å². The molecule has 124 valence electrons. The highest BCUT2D eigenvalue weighted by atomic mass is 16.5. The van der Waals surface area contributed by atoms with E-state index >= 15 is 0 Å². The Hall–Kier alpha value is -2.34. The number of carbonyl (C=O) groups excluding carboxylic acids is 2. The third-order valence-electron chi connectivity index (χ3n) is 3.60. The maximum atomic E-state index is 12.5. The van der Waals surface area contributed by atoms with Crippen molar-refractivity contribution in [2.75, 3.05) is 19.7 Å². The third kappa shape index (κ3) is 4.82. The Morgan fingerprint density at radius 1 is 1.35 bits per heavy atom. The molecule has 6 nitrogen and oxygen atoms in total. The highest BCUT2D eigenvalue weighted by Gasteiger charge is 2.29. The molecule has 23 heavy (non-hydrogen) atoms. The van der Waals surface area contributed by atoms with Crippen LogP contribution in [-0.4, -0.2) is 42.6 Å². The predicted molar refractivity (Wildman–Crippen MR) is 87.2 cm³/mol. The molecule has 0 aliphatic carbocycles. The van der Waals surface area contributed by atoms with Gasteiger partial charge in [0.05, 0.1) is 6.61 Å². The monoisotopic (exact) mass is 317 g/mol. The molecule has 1 heterocycles. The molecule has 2 rings (SSSR count). The molecule has 1 unspecified atom stereocenters. The quantitative estimate of drug-likeness (QED) is 0.734. The van der Waals surface area contributed by atoms with E-state index in [0.717, 1.165) is 6.42 Å². The largest absolute Gasteiger partial charge is 0.465 e. The summed E-state index contributed by atoms with van der Waals surface area (Å²) in [6, 6.07) is 10.1. The average molecular weight is 317 g/mol. The van der Waals surface area contributed by atoms with Crippen LogP contribution in [0, 0.1) is 0 Å². The van der Waals surface area contributed by atoms with Gasteiger partial charge in [-0.2, -0.15) is 0 Å². The summed E-state index contributed by atoms with van der Waals surface area (Å²) in [5, 5.41) is 6.20. The van der Waals surface area contributed by atoms with E-state index < -0.39 is 12.1 Å². The second kappa shape index (κ2) is 8.33. The highest BCUT2D eigenvalue weighted by Crippen LogP contribution is 2.10. The zero-order chi connectivity index (χ0) is 16.7. The molecule has 1 aliphatic rings. The SMILES string of the molecule is CCOC(=O)CN1C(=O)C(NCCc2ccccc2)NC=C1C. The van der Waals surface area contributed by atoms with Gasteiger partial charge in [0.15, 0.2) is 6.17 Å². The van der Waals surface area contributed by atoms with Gasteiger partial charge in [0, 0.05) is 18.4 Å². The fourth-order valence-corrected chi connectivity index (χ4v) is 2.37. The van der Waals surface area contributed by atoms with E-state index in [0.29, 0.717) is 18.8 Å². The van der Waals surface area contributed by atoms with Crippen molar-refractivity contribution in [1.82, 2.24) is 15.5 Å². The number of rotatable bonds is 7. The first-order chi connectivity index (χ1) is 11.1. The van der Waals surface area contributed by atoms with E-state index in [9.17, 15) is 9.59 Å². The van der Waals surface area contributed by atoms with Crippen LogP contribution in [0.15, 0.2) is 42.2 Å². The van der Waals surface area contributed by atoms with E-state index in [-0.39, 0.29) is 12.5 Å². The van der Waals surface area contributed by atoms with E-state index in [2.05, 4.69) is 22.8 Å². The molecular weight excluding hydrogens is 294 g/mol. The van der Waals surface area contributed by atoms with Gasteiger partial charge in [0.1, 0.15) is 6.54 Å². The van der Waals surface area contributed by atoms with Gasteiger partial charge in [0.2, 0.25) is 0 Å². The Labute approximate surface area is 136 Å². The predicted octanol–water partition coefficient (Wildman–Crippen LogP) is 1.00. The minimum absolute atomic E-state index is 0.0620. The van der Waals surface area contributed by atoms with Gasteiger partial charge < -0.3 is 15.0 Å². The fourth-order valence-electron chi connectivity index (χ4n) is 2.37. The smallest absolute Gasteiger partial charge is 0.326 e. The summed E-state index contributed by atoms with van der Waals surface area (Å²) in [4.78, 5) is 25.5. The van der Waals surface area contributed by atoms with Gasteiger partial charge in [-0.1, -0.05) is 30.3 Å². The molecule has 1 atom stereocenters. The lowest BCUT2D eigenvalue weighted by Gasteiger charge is -2.32. The summed E-state index contributed by atoms with van der Waals surface area (Å²) in [5.74, 6) is -0.579. The van der Waals surface area contributed by atoms with Gasteiger partial charge in [-0.05, 0) is 25.8 Å². The lowest BCUT2D eigenvalue weighted by molar-refractivity contribution is -0.148. The Balaban J connectivity index is 1.88. The normalized spacial score (nSPS) is 17.5. The van der Waals surface area contributed by atoms with Crippen LogP contribution in [0.5, 0.6) is 0 Å². The summed E-state index contributed by atoms with van der Waals surface area (Å²) in [7, 11) is 0. The summed E-state index contributed by atoms with van der Waals surface area (Å²) in [6.45, 7) is 4.43. The maximum absolute atomic E-state index is 12.5. The summed E-state index contributed by atoms with van der Waals surface area (Å²) >= 11 is 0. The van der Waals surface area contributed by atoms with Crippen molar-refractivity contribution in [3.05, 3.63) is 47.8 Å². The lowest BCUT2D eigenvalue weighted by Crippen LogP contribution is -2.57. The van der Waals surface area contributed by atoms with Crippen molar-refractivity contribution >= 4 is 11.9 Å². The Kier molecular flexibility index (Phi) is 6.17. The van der Waals surface area contributed by atoms with Crippen molar-refractivity contribution in [3.8, 4) is 0 Å². The molecule has 0 spiro atoms. The van der Waals surface area contributed by atoms with Crippen molar-refractivity contribution in [3.63, 3.8) is 0 Å². The van der Waals surface area contributed by atoms with E-state index in [1.165, 1.54) is 10.5 Å². The van der Waals surface area contributed by atoms with Crippen LogP contribution in [0.2, 0.25) is 0 Å². The van der Waals surface area contributed by atoms with Gasteiger partial charge in [0.25, 0.3) is 5.91 Å². The van der Waals surface area contributed by atoms with Crippen molar-refractivity contribution < 1.29 is 14.3 Å². The van der Waals surface area contributed by atoms with E-state index in [1.54, 1.807) is 20.0 Å². The number of hydrogen-bond acceptors (Lipinski definition) is 5. The standard InChI is InChI=1S/C17H23N3O3/c1-3-23-15(21)12-20-13(2)11-19-16(17(20)22)18-10-9-14-7-5-4-6-8-14/h4-8,11,16,18-19H,3,9-10,12H2,1-2H3. The number of benzene rings is 1. The van der Waals surface area contributed by atoms with Gasteiger partial charge >= 0.3 is 5.97 Å². The summed E-state index contributed by atoms with van der Waals surface area (Å²) in [6.07, 6.45) is 2.03. The number of carbonyl (C=O) groups is 2. The molecule has 0 fully saturated rings. The van der Waals surface area contributed by atoms with Crippen LogP contribution in [0.25, 0.3) is 0 Å². The molecule has 1 aromatic carbocycles. The maximum Gasteiger partial charge on any atom is 0.326 e. The molecule has 1 aromatic rings. The molecule has 1 aliphatic heterocycles. The van der Waals surface area contributed by atoms with Crippen molar-refractivity contribution in [2.24, 2.45) is 0 Å². The molecule has 0 aromatic heterocycles. The Bertz CT molecular complexity index is 572. The molecule has 2 N–H and O–H groups in total. The molecule has 0 saturated heterocycles. The Morgan fingerprint density at radius 3 is 2.78 bits per heavy atom. The molecular formula is C17H23N3O3. The fraction of sp³-hybridized carbons (Fsp3) is 0.412. The van der Waals surface area contributed by atoms with Crippen LogP contribution in [0.4, 0.5) is 0 Å². The van der Waals surface area contributed by atoms with Gasteiger partial charge in [-0.25, -0.2) is 0 Å². The first kappa shape index (κ1) is 17.0. The molecule has 0 radical (unpaired) electrons. The highest BCUT2D eigenvalue weighted by molar-refractivity contribution is 5.88. The zero-order valence-electron chi connectivity index (χ0n) is 13.5. The zero-order valence-corrected chi connectivity index (χ0v) is 13.5. The second-order valence-corrected chi connectivity index (χ2v) is 5.30. The molecule has 6 heteroatoms. The van der Waals surface area contributed by atoms with E-state index in [4.69, 9.17) is 4.74 Å². The number of nitrogens with one attached hydrogen (secondary N) is 2. The summed E-state index contributed by atoms with van der Waals surface area (Å²) < 4.78 is 4.91. The lowest BCUT2D eigenvalue weighted by atomic mass is 10.1. The number of hydrogen-bond donors (Lipinski definition) is 2. The first-order valence-electron chi connectivity index (χ1n) is 7.79. The molecule has 1 amide bonds. The van der Waals surface area contributed by atoms with Gasteiger partial charge in [-0.15, -0.1) is 0 Å².